The van der Waals surface area contributed by atoms with Crippen molar-refractivity contribution < 1.29 is 18.6 Å². The van der Waals surface area contributed by atoms with Crippen molar-refractivity contribution in [3.63, 3.8) is 0 Å². The summed E-state index contributed by atoms with van der Waals surface area (Å²) in [5.41, 5.74) is -1.29. The Morgan fingerprint density at radius 2 is 2.11 bits per heavy atom. The zero-order valence-electron chi connectivity index (χ0n) is 11.2. The third kappa shape index (κ3) is 5.40. The van der Waals surface area contributed by atoms with Crippen LogP contribution in [0.5, 0.6) is 5.75 Å². The van der Waals surface area contributed by atoms with Gasteiger partial charge in [0.15, 0.2) is 0 Å². The first-order valence-electron chi connectivity index (χ1n) is 6.00. The number of aromatic nitrogens is 1. The topological polar surface area (TPSA) is 42.4 Å². The summed E-state index contributed by atoms with van der Waals surface area (Å²) in [5, 5.41) is 10.1. The second-order valence-electron chi connectivity index (χ2n) is 5.23. The first-order chi connectivity index (χ1) is 8.71. The number of pyridine rings is 1. The van der Waals surface area contributed by atoms with Crippen molar-refractivity contribution in [2.75, 3.05) is 6.61 Å². The molecule has 3 nitrogen and oxygen atoms in total. The van der Waals surface area contributed by atoms with Gasteiger partial charge in [-0.25, -0.2) is 13.8 Å². The number of rotatable bonds is 6. The maximum atomic E-state index is 12.8. The lowest BCUT2D eigenvalue weighted by molar-refractivity contribution is -0.00658. The van der Waals surface area contributed by atoms with Crippen LogP contribution in [0.1, 0.15) is 39.2 Å². The molecular formula is C13H18BrF2NO2. The van der Waals surface area contributed by atoms with Gasteiger partial charge >= 0.3 is 0 Å². The van der Waals surface area contributed by atoms with Gasteiger partial charge in [0.2, 0.25) is 0 Å². The molecule has 1 aromatic heterocycles. The second-order valence-corrected chi connectivity index (χ2v) is 6.04. The van der Waals surface area contributed by atoms with Crippen molar-refractivity contribution in [2.45, 2.75) is 39.2 Å². The average Bonchev–Trinajstić information content (AvgIpc) is 2.25. The SMILES string of the molecule is CC(C)CC(C)(O)COc1cnc(Br)cc1C(F)F. The van der Waals surface area contributed by atoms with E-state index >= 15 is 0 Å². The molecule has 1 aromatic rings. The minimum Gasteiger partial charge on any atom is -0.488 e. The summed E-state index contributed by atoms with van der Waals surface area (Å²) in [6, 6.07) is 1.22. The smallest absolute Gasteiger partial charge is 0.267 e. The highest BCUT2D eigenvalue weighted by Gasteiger charge is 2.24. The van der Waals surface area contributed by atoms with Crippen molar-refractivity contribution in [3.05, 3.63) is 22.4 Å². The highest BCUT2D eigenvalue weighted by Crippen LogP contribution is 2.31. The highest BCUT2D eigenvalue weighted by atomic mass is 79.9. The van der Waals surface area contributed by atoms with Gasteiger partial charge in [-0.15, -0.1) is 0 Å². The summed E-state index contributed by atoms with van der Waals surface area (Å²) in [4.78, 5) is 3.86. The molecule has 6 heteroatoms. The monoisotopic (exact) mass is 337 g/mol. The Kier molecular flexibility index (Phi) is 5.67. The van der Waals surface area contributed by atoms with E-state index in [0.29, 0.717) is 11.0 Å². The molecule has 0 aliphatic rings. The van der Waals surface area contributed by atoms with Gasteiger partial charge in [0.1, 0.15) is 17.0 Å². The number of alkyl halides is 2. The van der Waals surface area contributed by atoms with E-state index in [1.807, 2.05) is 13.8 Å². The molecule has 0 saturated heterocycles. The largest absolute Gasteiger partial charge is 0.488 e. The number of hydrogen-bond acceptors (Lipinski definition) is 3. The Labute approximate surface area is 120 Å². The quantitative estimate of drug-likeness (QED) is 0.799. The van der Waals surface area contributed by atoms with Crippen LogP contribution >= 0.6 is 15.9 Å². The minimum atomic E-state index is -2.65. The fourth-order valence-corrected chi connectivity index (χ4v) is 2.24. The molecule has 0 spiro atoms. The number of nitrogens with zero attached hydrogens (tertiary/aromatic N) is 1. The van der Waals surface area contributed by atoms with Crippen LogP contribution in [0, 0.1) is 5.92 Å². The van der Waals surface area contributed by atoms with E-state index in [0.717, 1.165) is 0 Å². The normalized spacial score (nSPS) is 14.8. The maximum absolute atomic E-state index is 12.8. The summed E-state index contributed by atoms with van der Waals surface area (Å²) >= 11 is 3.04. The molecule has 1 rings (SSSR count). The Balaban J connectivity index is 2.77. The summed E-state index contributed by atoms with van der Waals surface area (Å²) in [7, 11) is 0. The number of aliphatic hydroxyl groups is 1. The van der Waals surface area contributed by atoms with Crippen molar-refractivity contribution in [1.82, 2.24) is 4.98 Å². The molecule has 0 aromatic carbocycles. The predicted octanol–water partition coefficient (Wildman–Crippen LogP) is 3.96. The van der Waals surface area contributed by atoms with Crippen LogP contribution in [-0.2, 0) is 0 Å². The maximum Gasteiger partial charge on any atom is 0.267 e. The van der Waals surface area contributed by atoms with E-state index in [4.69, 9.17) is 4.74 Å². The first-order valence-corrected chi connectivity index (χ1v) is 6.79. The molecule has 0 fully saturated rings. The number of hydrogen-bond donors (Lipinski definition) is 1. The Morgan fingerprint density at radius 1 is 1.47 bits per heavy atom. The van der Waals surface area contributed by atoms with Gasteiger partial charge < -0.3 is 9.84 Å². The zero-order valence-corrected chi connectivity index (χ0v) is 12.7. The van der Waals surface area contributed by atoms with Crippen LogP contribution in [0.15, 0.2) is 16.9 Å². The molecule has 1 N–H and O–H groups in total. The highest BCUT2D eigenvalue weighted by molar-refractivity contribution is 9.10. The molecule has 1 atom stereocenters. The lowest BCUT2D eigenvalue weighted by Crippen LogP contribution is -2.34. The van der Waals surface area contributed by atoms with Gasteiger partial charge in [-0.1, -0.05) is 13.8 Å². The van der Waals surface area contributed by atoms with Crippen LogP contribution < -0.4 is 4.74 Å². The van der Waals surface area contributed by atoms with Gasteiger partial charge in [-0.3, -0.25) is 0 Å². The molecule has 1 heterocycles. The van der Waals surface area contributed by atoms with E-state index in [-0.39, 0.29) is 23.8 Å². The van der Waals surface area contributed by atoms with Gasteiger partial charge in [0, 0.05) is 0 Å². The van der Waals surface area contributed by atoms with E-state index in [2.05, 4.69) is 20.9 Å². The van der Waals surface area contributed by atoms with Gasteiger partial charge in [0.05, 0.1) is 17.4 Å². The van der Waals surface area contributed by atoms with Crippen molar-refractivity contribution in [1.29, 1.82) is 0 Å². The van der Waals surface area contributed by atoms with Crippen molar-refractivity contribution in [3.8, 4) is 5.75 Å². The van der Waals surface area contributed by atoms with Crippen LogP contribution in [0.25, 0.3) is 0 Å². The minimum absolute atomic E-state index is 0.00207. The molecule has 19 heavy (non-hydrogen) atoms. The van der Waals surface area contributed by atoms with Crippen LogP contribution in [0.2, 0.25) is 0 Å². The third-order valence-electron chi connectivity index (χ3n) is 2.49. The van der Waals surface area contributed by atoms with Crippen molar-refractivity contribution >= 4 is 15.9 Å². The predicted molar refractivity (Wildman–Crippen MR) is 72.5 cm³/mol. The summed E-state index contributed by atoms with van der Waals surface area (Å²) in [5.74, 6) is 0.290. The summed E-state index contributed by atoms with van der Waals surface area (Å²) in [6.07, 6.45) is -0.887. The molecule has 0 aliphatic heterocycles. The Hall–Kier alpha value is -0.750. The van der Waals surface area contributed by atoms with E-state index in [1.54, 1.807) is 6.92 Å². The lowest BCUT2D eigenvalue weighted by Gasteiger charge is -2.25. The summed E-state index contributed by atoms with van der Waals surface area (Å²) < 4.78 is 31.3. The van der Waals surface area contributed by atoms with E-state index in [9.17, 15) is 13.9 Å². The van der Waals surface area contributed by atoms with Gasteiger partial charge in [-0.2, -0.15) is 0 Å². The second kappa shape index (κ2) is 6.61. The van der Waals surface area contributed by atoms with Gasteiger partial charge in [-0.05, 0) is 41.3 Å². The molecule has 0 aliphatic carbocycles. The van der Waals surface area contributed by atoms with E-state index < -0.39 is 12.0 Å². The first kappa shape index (κ1) is 16.3. The van der Waals surface area contributed by atoms with E-state index in [1.165, 1.54) is 12.3 Å². The molecule has 108 valence electrons. The van der Waals surface area contributed by atoms with Crippen LogP contribution in [-0.4, -0.2) is 22.3 Å². The molecule has 1 unspecified atom stereocenters. The van der Waals surface area contributed by atoms with Crippen molar-refractivity contribution in [2.24, 2.45) is 5.92 Å². The zero-order chi connectivity index (χ0) is 14.6. The van der Waals surface area contributed by atoms with Crippen LogP contribution in [0.4, 0.5) is 8.78 Å². The molecule has 0 amide bonds. The van der Waals surface area contributed by atoms with Crippen LogP contribution in [0.3, 0.4) is 0 Å². The molecular weight excluding hydrogens is 320 g/mol. The molecule has 0 saturated carbocycles. The fraction of sp³-hybridized carbons (Fsp3) is 0.615. The average molecular weight is 338 g/mol. The summed E-state index contributed by atoms with van der Waals surface area (Å²) in [6.45, 7) is 5.52. The lowest BCUT2D eigenvalue weighted by atomic mass is 9.95. The molecule has 0 radical (unpaired) electrons. The van der Waals surface area contributed by atoms with Gasteiger partial charge in [0.25, 0.3) is 6.43 Å². The standard InChI is InChI=1S/C13H18BrF2NO2/c1-8(2)5-13(3,18)7-19-10-6-17-11(14)4-9(10)12(15)16/h4,6,8,12,18H,5,7H2,1-3H3. The fourth-order valence-electron chi connectivity index (χ4n) is 1.89. The number of ether oxygens (including phenoxy) is 1. The third-order valence-corrected chi connectivity index (χ3v) is 2.92. The number of halogens is 3. The Bertz CT molecular complexity index is 425. The molecule has 0 bridgehead atoms. The Morgan fingerprint density at radius 3 is 2.63 bits per heavy atom.